The minimum absolute atomic E-state index is 0.237. The molecule has 3 nitrogen and oxygen atoms in total. The first-order chi connectivity index (χ1) is 8.27. The molecule has 1 fully saturated rings. The lowest BCUT2D eigenvalue weighted by atomic mass is 9.92. The van der Waals surface area contributed by atoms with Crippen LogP contribution in [0.25, 0.3) is 0 Å². The van der Waals surface area contributed by atoms with Crippen molar-refractivity contribution in [1.82, 2.24) is 10.3 Å². The zero-order valence-corrected chi connectivity index (χ0v) is 10.4. The number of pyridine rings is 1. The molecule has 3 heteroatoms. The van der Waals surface area contributed by atoms with Crippen LogP contribution in [0.2, 0.25) is 0 Å². The topological polar surface area (TPSA) is 42.0 Å². The third-order valence-electron chi connectivity index (χ3n) is 3.52. The van der Waals surface area contributed by atoms with Gasteiger partial charge in [0, 0.05) is 24.4 Å². The van der Waals surface area contributed by atoms with Crippen molar-refractivity contribution in [2.75, 3.05) is 13.1 Å². The number of nitrogens with zero attached hydrogens (tertiary/aromatic N) is 1. The first-order valence-corrected chi connectivity index (χ1v) is 6.42. The molecule has 0 aliphatic carbocycles. The van der Waals surface area contributed by atoms with Crippen molar-refractivity contribution >= 4 is 5.78 Å². The summed E-state index contributed by atoms with van der Waals surface area (Å²) in [5, 5.41) is 3.39. The maximum Gasteiger partial charge on any atom is 0.164 e. The lowest BCUT2D eigenvalue weighted by molar-refractivity contribution is 0.0970. The number of nitrogens with one attached hydrogen (secondary N) is 1. The fourth-order valence-corrected chi connectivity index (χ4v) is 2.40. The summed E-state index contributed by atoms with van der Waals surface area (Å²) in [7, 11) is 0. The highest BCUT2D eigenvalue weighted by Gasteiger charge is 2.16. The standard InChI is InChI=1S/C14H20N2O/c1-11-6-8-16-10-13(11)14(17)5-4-12-3-2-7-15-9-12/h6,8,10,12,15H,2-5,7,9H2,1H3. The van der Waals surface area contributed by atoms with Crippen molar-refractivity contribution in [2.24, 2.45) is 5.92 Å². The van der Waals surface area contributed by atoms with E-state index in [0.29, 0.717) is 12.3 Å². The second kappa shape index (κ2) is 5.92. The normalized spacial score (nSPS) is 20.2. The highest BCUT2D eigenvalue weighted by Crippen LogP contribution is 2.18. The Hall–Kier alpha value is -1.22. The van der Waals surface area contributed by atoms with Crippen LogP contribution in [0.5, 0.6) is 0 Å². The molecular formula is C14H20N2O. The summed E-state index contributed by atoms with van der Waals surface area (Å²) in [6.07, 6.45) is 7.57. The van der Waals surface area contributed by atoms with Gasteiger partial charge in [-0.3, -0.25) is 9.78 Å². The van der Waals surface area contributed by atoms with Crippen LogP contribution in [0.1, 0.15) is 41.6 Å². The van der Waals surface area contributed by atoms with Gasteiger partial charge in [0.2, 0.25) is 0 Å². The van der Waals surface area contributed by atoms with Crippen LogP contribution in [0.15, 0.2) is 18.5 Å². The molecule has 0 saturated carbocycles. The van der Waals surface area contributed by atoms with Crippen molar-refractivity contribution in [2.45, 2.75) is 32.6 Å². The van der Waals surface area contributed by atoms with E-state index >= 15 is 0 Å². The predicted molar refractivity (Wildman–Crippen MR) is 68.1 cm³/mol. The fraction of sp³-hybridized carbons (Fsp3) is 0.571. The van der Waals surface area contributed by atoms with Crippen molar-refractivity contribution < 1.29 is 4.79 Å². The third kappa shape index (κ3) is 3.37. The summed E-state index contributed by atoms with van der Waals surface area (Å²) in [4.78, 5) is 16.1. The first-order valence-electron chi connectivity index (χ1n) is 6.42. The number of rotatable bonds is 4. The second-order valence-electron chi connectivity index (χ2n) is 4.86. The van der Waals surface area contributed by atoms with Gasteiger partial charge in [-0.2, -0.15) is 0 Å². The van der Waals surface area contributed by atoms with E-state index in [2.05, 4.69) is 10.3 Å². The number of aryl methyl sites for hydroxylation is 1. The van der Waals surface area contributed by atoms with Gasteiger partial charge in [-0.1, -0.05) is 0 Å². The van der Waals surface area contributed by atoms with Gasteiger partial charge < -0.3 is 5.32 Å². The van der Waals surface area contributed by atoms with Crippen molar-refractivity contribution in [1.29, 1.82) is 0 Å². The third-order valence-corrected chi connectivity index (χ3v) is 3.52. The van der Waals surface area contributed by atoms with Crippen LogP contribution >= 0.6 is 0 Å². The number of piperidine rings is 1. The molecule has 1 unspecified atom stereocenters. The molecule has 1 aliphatic rings. The van der Waals surface area contributed by atoms with E-state index in [9.17, 15) is 4.79 Å². The summed E-state index contributed by atoms with van der Waals surface area (Å²) in [6, 6.07) is 1.90. The van der Waals surface area contributed by atoms with E-state index in [1.54, 1.807) is 12.4 Å². The predicted octanol–water partition coefficient (Wildman–Crippen LogP) is 2.35. The van der Waals surface area contributed by atoms with Crippen LogP contribution in [0.3, 0.4) is 0 Å². The number of Topliss-reactive ketones (excluding diaryl/α,β-unsaturated/α-hetero) is 1. The largest absolute Gasteiger partial charge is 0.316 e. The molecule has 0 radical (unpaired) electrons. The van der Waals surface area contributed by atoms with Gasteiger partial charge in [-0.05, 0) is 56.8 Å². The van der Waals surface area contributed by atoms with Crippen LogP contribution in [0.4, 0.5) is 0 Å². The van der Waals surface area contributed by atoms with Gasteiger partial charge in [0.15, 0.2) is 5.78 Å². The summed E-state index contributed by atoms with van der Waals surface area (Å²) in [5.74, 6) is 0.908. The lowest BCUT2D eigenvalue weighted by Crippen LogP contribution is -2.30. The molecule has 1 atom stereocenters. The molecule has 1 aromatic rings. The molecule has 1 saturated heterocycles. The van der Waals surface area contributed by atoms with Crippen LogP contribution in [-0.4, -0.2) is 23.9 Å². The molecule has 1 N–H and O–H groups in total. The Labute approximate surface area is 103 Å². The lowest BCUT2D eigenvalue weighted by Gasteiger charge is -2.22. The number of aromatic nitrogens is 1. The average Bonchev–Trinajstić information content (AvgIpc) is 2.38. The molecule has 17 heavy (non-hydrogen) atoms. The van der Waals surface area contributed by atoms with Crippen molar-refractivity contribution in [3.8, 4) is 0 Å². The Morgan fingerprint density at radius 1 is 1.59 bits per heavy atom. The van der Waals surface area contributed by atoms with E-state index in [1.165, 1.54) is 12.8 Å². The van der Waals surface area contributed by atoms with Crippen LogP contribution in [0, 0.1) is 12.8 Å². The van der Waals surface area contributed by atoms with E-state index in [1.807, 2.05) is 13.0 Å². The maximum atomic E-state index is 12.0. The fourth-order valence-electron chi connectivity index (χ4n) is 2.40. The Morgan fingerprint density at radius 3 is 3.18 bits per heavy atom. The Bertz CT molecular complexity index is 384. The van der Waals surface area contributed by atoms with Crippen molar-refractivity contribution in [3.05, 3.63) is 29.6 Å². The quantitative estimate of drug-likeness (QED) is 0.810. The zero-order valence-electron chi connectivity index (χ0n) is 10.4. The molecule has 2 heterocycles. The van der Waals surface area contributed by atoms with Gasteiger partial charge in [0.1, 0.15) is 0 Å². The maximum absolute atomic E-state index is 12.0. The van der Waals surface area contributed by atoms with E-state index in [4.69, 9.17) is 0 Å². The van der Waals surface area contributed by atoms with Gasteiger partial charge in [0.05, 0.1) is 0 Å². The highest BCUT2D eigenvalue weighted by atomic mass is 16.1. The van der Waals surface area contributed by atoms with E-state index in [0.717, 1.165) is 30.6 Å². The second-order valence-corrected chi connectivity index (χ2v) is 4.86. The van der Waals surface area contributed by atoms with Gasteiger partial charge in [0.25, 0.3) is 0 Å². The summed E-state index contributed by atoms with van der Waals surface area (Å²) < 4.78 is 0. The Morgan fingerprint density at radius 2 is 2.47 bits per heavy atom. The smallest absolute Gasteiger partial charge is 0.164 e. The average molecular weight is 232 g/mol. The number of hydrogen-bond donors (Lipinski definition) is 1. The number of carbonyl (C=O) groups excluding carboxylic acids is 1. The molecule has 92 valence electrons. The highest BCUT2D eigenvalue weighted by molar-refractivity contribution is 5.97. The van der Waals surface area contributed by atoms with Crippen LogP contribution < -0.4 is 5.32 Å². The summed E-state index contributed by atoms with van der Waals surface area (Å²) >= 11 is 0. The zero-order chi connectivity index (χ0) is 12.1. The molecule has 0 spiro atoms. The monoisotopic (exact) mass is 232 g/mol. The molecule has 0 bridgehead atoms. The number of ketones is 1. The van der Waals surface area contributed by atoms with E-state index < -0.39 is 0 Å². The minimum Gasteiger partial charge on any atom is -0.316 e. The Balaban J connectivity index is 1.87. The summed E-state index contributed by atoms with van der Waals surface area (Å²) in [6.45, 7) is 4.17. The van der Waals surface area contributed by atoms with Crippen LogP contribution in [-0.2, 0) is 0 Å². The molecule has 1 aliphatic heterocycles. The van der Waals surface area contributed by atoms with E-state index in [-0.39, 0.29) is 5.78 Å². The number of hydrogen-bond acceptors (Lipinski definition) is 3. The number of carbonyl (C=O) groups is 1. The van der Waals surface area contributed by atoms with Gasteiger partial charge in [-0.25, -0.2) is 0 Å². The van der Waals surface area contributed by atoms with Gasteiger partial charge >= 0.3 is 0 Å². The minimum atomic E-state index is 0.237. The SMILES string of the molecule is Cc1ccncc1C(=O)CCC1CCCNC1. The molecule has 0 aromatic carbocycles. The first kappa shape index (κ1) is 12.2. The summed E-state index contributed by atoms with van der Waals surface area (Å²) in [5.41, 5.74) is 1.82. The molecule has 1 aromatic heterocycles. The molecule has 0 amide bonds. The molecular weight excluding hydrogens is 212 g/mol. The van der Waals surface area contributed by atoms with Gasteiger partial charge in [-0.15, -0.1) is 0 Å². The van der Waals surface area contributed by atoms with Crippen molar-refractivity contribution in [3.63, 3.8) is 0 Å². The Kier molecular flexibility index (Phi) is 4.26. The molecule has 2 rings (SSSR count).